The van der Waals surface area contributed by atoms with Crippen LogP contribution in [0.4, 0.5) is 17.1 Å². The lowest BCUT2D eigenvalue weighted by molar-refractivity contribution is -0.384. The molecule has 1 aromatic carbocycles. The average molecular weight is 293 g/mol. The summed E-state index contributed by atoms with van der Waals surface area (Å²) in [6.07, 6.45) is 1.58. The van der Waals surface area contributed by atoms with E-state index in [0.29, 0.717) is 17.9 Å². The molecule has 1 heterocycles. The first-order valence-corrected chi connectivity index (χ1v) is 6.28. The maximum absolute atomic E-state index is 11.3. The molecule has 2 N–H and O–H groups in total. The Morgan fingerprint density at radius 1 is 1.57 bits per heavy atom. The van der Waals surface area contributed by atoms with E-state index >= 15 is 0 Å². The zero-order valence-electron chi connectivity index (χ0n) is 11.2. The lowest BCUT2D eigenvalue weighted by atomic mass is 10.1. The molecule has 0 fully saturated rings. The summed E-state index contributed by atoms with van der Waals surface area (Å²) in [5, 5.41) is 22.9. The minimum atomic E-state index is -0.525. The number of nitrogens with one attached hydrogen (secondary N) is 1. The second kappa shape index (κ2) is 6.23. The highest BCUT2D eigenvalue weighted by Gasteiger charge is 2.26. The third-order valence-corrected chi connectivity index (χ3v) is 2.97. The van der Waals surface area contributed by atoms with Gasteiger partial charge < -0.3 is 20.1 Å². The summed E-state index contributed by atoms with van der Waals surface area (Å²) in [6, 6.07) is 2.75. The Bertz CT molecular complexity index is 587. The van der Waals surface area contributed by atoms with Crippen molar-refractivity contribution in [3.05, 3.63) is 34.9 Å². The van der Waals surface area contributed by atoms with E-state index in [1.807, 2.05) is 0 Å². The summed E-state index contributed by atoms with van der Waals surface area (Å²) in [4.78, 5) is 23.6. The third-order valence-electron chi connectivity index (χ3n) is 2.97. The molecule has 0 saturated heterocycles. The van der Waals surface area contributed by atoms with Crippen LogP contribution in [0.3, 0.4) is 0 Å². The summed E-state index contributed by atoms with van der Waals surface area (Å²) >= 11 is 0. The smallest absolute Gasteiger partial charge is 0.296 e. The van der Waals surface area contributed by atoms with Gasteiger partial charge in [-0.05, 0) is 6.07 Å². The number of nitrogens with zero attached hydrogens (tertiary/aromatic N) is 2. The molecule has 8 nitrogen and oxygen atoms in total. The molecule has 0 bridgehead atoms. The molecule has 112 valence electrons. The van der Waals surface area contributed by atoms with Crippen LogP contribution in [0.25, 0.3) is 0 Å². The fourth-order valence-electron chi connectivity index (χ4n) is 2.09. The van der Waals surface area contributed by atoms with Gasteiger partial charge in [0.2, 0.25) is 0 Å². The van der Waals surface area contributed by atoms with E-state index in [9.17, 15) is 14.9 Å². The number of ether oxygens (including phenoxy) is 1. The minimum Gasteiger partial charge on any atom is -0.481 e. The maximum atomic E-state index is 11.3. The van der Waals surface area contributed by atoms with Gasteiger partial charge in [0, 0.05) is 13.1 Å². The molecule has 0 radical (unpaired) electrons. The van der Waals surface area contributed by atoms with E-state index in [-0.39, 0.29) is 37.1 Å². The van der Waals surface area contributed by atoms with Crippen molar-refractivity contribution in [3.8, 4) is 5.75 Å². The molecule has 0 aliphatic carbocycles. The van der Waals surface area contributed by atoms with Crippen molar-refractivity contribution in [1.29, 1.82) is 0 Å². The second-order valence-electron chi connectivity index (χ2n) is 4.39. The predicted molar refractivity (Wildman–Crippen MR) is 76.7 cm³/mol. The van der Waals surface area contributed by atoms with Crippen LogP contribution in [0.15, 0.2) is 24.8 Å². The number of carbonyl (C=O) groups is 1. The first-order valence-electron chi connectivity index (χ1n) is 6.28. The van der Waals surface area contributed by atoms with Crippen molar-refractivity contribution in [3.63, 3.8) is 0 Å². The number of aliphatic hydroxyl groups is 1. The van der Waals surface area contributed by atoms with Crippen LogP contribution >= 0.6 is 0 Å². The third kappa shape index (κ3) is 3.11. The summed E-state index contributed by atoms with van der Waals surface area (Å²) in [5.74, 6) is -0.0627. The van der Waals surface area contributed by atoms with Gasteiger partial charge in [0.25, 0.3) is 11.6 Å². The van der Waals surface area contributed by atoms with E-state index in [1.165, 1.54) is 12.1 Å². The van der Waals surface area contributed by atoms with Crippen LogP contribution in [0.1, 0.15) is 0 Å². The number of nitro benzene ring substituents is 1. The van der Waals surface area contributed by atoms with Crippen molar-refractivity contribution >= 4 is 23.0 Å². The number of amides is 1. The maximum Gasteiger partial charge on any atom is 0.296 e. The Morgan fingerprint density at radius 3 is 2.95 bits per heavy atom. The summed E-state index contributed by atoms with van der Waals surface area (Å²) in [7, 11) is 0. The highest BCUT2D eigenvalue weighted by atomic mass is 16.6. The molecular formula is C13H15N3O5. The van der Waals surface area contributed by atoms with E-state index in [1.54, 1.807) is 11.0 Å². The number of anilines is 2. The lowest BCUT2D eigenvalue weighted by Crippen LogP contribution is -2.29. The molecule has 0 atom stereocenters. The molecule has 2 rings (SSSR count). The molecule has 1 amide bonds. The molecule has 1 aliphatic heterocycles. The van der Waals surface area contributed by atoms with E-state index in [0.717, 1.165) is 0 Å². The Kier molecular flexibility index (Phi) is 4.39. The van der Waals surface area contributed by atoms with E-state index in [4.69, 9.17) is 9.84 Å². The minimum absolute atomic E-state index is 0.153. The predicted octanol–water partition coefficient (Wildman–Crippen LogP) is 0.910. The normalized spacial score (nSPS) is 12.9. The van der Waals surface area contributed by atoms with Crippen LogP contribution in [0.2, 0.25) is 0 Å². The zero-order valence-corrected chi connectivity index (χ0v) is 11.2. The first kappa shape index (κ1) is 14.8. The standard InChI is InChI=1S/C13H15N3O5/c1-2-3-15(4-5-17)10-6-9-12(7-11(10)16(19)20)21-8-13(18)14-9/h2,6-7,17H,1,3-5,8H2,(H,14,18). The Morgan fingerprint density at radius 2 is 2.33 bits per heavy atom. The van der Waals surface area contributed by atoms with Crippen LogP contribution < -0.4 is 15.0 Å². The molecule has 8 heteroatoms. The quantitative estimate of drug-likeness (QED) is 0.459. The van der Waals surface area contributed by atoms with Crippen LogP contribution in [-0.2, 0) is 4.79 Å². The molecule has 0 unspecified atom stereocenters. The number of rotatable bonds is 6. The van der Waals surface area contributed by atoms with Gasteiger partial charge in [0.15, 0.2) is 12.4 Å². The van der Waals surface area contributed by atoms with Crippen LogP contribution in [0, 0.1) is 10.1 Å². The van der Waals surface area contributed by atoms with Crippen molar-refractivity contribution in [2.45, 2.75) is 0 Å². The molecule has 21 heavy (non-hydrogen) atoms. The van der Waals surface area contributed by atoms with Gasteiger partial charge in [-0.15, -0.1) is 6.58 Å². The zero-order chi connectivity index (χ0) is 15.4. The fourth-order valence-corrected chi connectivity index (χ4v) is 2.09. The molecule has 0 spiro atoms. The number of aliphatic hydroxyl groups excluding tert-OH is 1. The monoisotopic (exact) mass is 293 g/mol. The van der Waals surface area contributed by atoms with Gasteiger partial charge in [-0.2, -0.15) is 0 Å². The second-order valence-corrected chi connectivity index (χ2v) is 4.39. The average Bonchev–Trinajstić information content (AvgIpc) is 2.45. The highest BCUT2D eigenvalue weighted by Crippen LogP contribution is 2.39. The summed E-state index contributed by atoms with van der Waals surface area (Å²) in [5.41, 5.74) is 0.512. The van der Waals surface area contributed by atoms with Crippen molar-refractivity contribution < 1.29 is 19.6 Å². The largest absolute Gasteiger partial charge is 0.481 e. The summed E-state index contributed by atoms with van der Waals surface area (Å²) < 4.78 is 5.18. The SMILES string of the molecule is C=CCN(CCO)c1cc2c(cc1[N+](=O)[O-])OCC(=O)N2. The van der Waals surface area contributed by atoms with E-state index < -0.39 is 4.92 Å². The molecule has 1 aliphatic rings. The molecule has 0 aromatic heterocycles. The number of hydrogen-bond acceptors (Lipinski definition) is 6. The Hall–Kier alpha value is -2.61. The van der Waals surface area contributed by atoms with Gasteiger partial charge in [0.1, 0.15) is 5.69 Å². The van der Waals surface area contributed by atoms with Gasteiger partial charge in [-0.25, -0.2) is 0 Å². The van der Waals surface area contributed by atoms with Crippen LogP contribution in [-0.4, -0.2) is 42.2 Å². The van der Waals surface area contributed by atoms with Gasteiger partial charge in [0.05, 0.1) is 23.3 Å². The summed E-state index contributed by atoms with van der Waals surface area (Å²) in [6.45, 7) is 3.80. The number of fused-ring (bicyclic) bond motifs is 1. The van der Waals surface area contributed by atoms with Crippen molar-refractivity contribution in [1.82, 2.24) is 0 Å². The van der Waals surface area contributed by atoms with Gasteiger partial charge in [-0.1, -0.05) is 6.08 Å². The number of benzene rings is 1. The van der Waals surface area contributed by atoms with Gasteiger partial charge in [-0.3, -0.25) is 14.9 Å². The van der Waals surface area contributed by atoms with E-state index in [2.05, 4.69) is 11.9 Å². The Balaban J connectivity index is 2.50. The number of hydrogen-bond donors (Lipinski definition) is 2. The molecule has 0 saturated carbocycles. The van der Waals surface area contributed by atoms with Crippen molar-refractivity contribution in [2.75, 3.05) is 36.5 Å². The lowest BCUT2D eigenvalue weighted by Gasteiger charge is -2.25. The fraction of sp³-hybridized carbons (Fsp3) is 0.308. The van der Waals surface area contributed by atoms with Crippen molar-refractivity contribution in [2.24, 2.45) is 0 Å². The number of nitro groups is 1. The molecular weight excluding hydrogens is 278 g/mol. The molecule has 1 aromatic rings. The first-order chi connectivity index (χ1) is 10.1. The number of carbonyl (C=O) groups excluding carboxylic acids is 1. The topological polar surface area (TPSA) is 105 Å². The Labute approximate surface area is 120 Å². The van der Waals surface area contributed by atoms with Gasteiger partial charge >= 0.3 is 0 Å². The highest BCUT2D eigenvalue weighted by molar-refractivity contribution is 5.97. The van der Waals surface area contributed by atoms with Crippen LogP contribution in [0.5, 0.6) is 5.75 Å².